The maximum atomic E-state index is 11.3. The Morgan fingerprint density at radius 3 is 1.96 bits per heavy atom. The van der Waals surface area contributed by atoms with Crippen molar-refractivity contribution in [2.45, 2.75) is 32.2 Å². The van der Waals surface area contributed by atoms with Crippen LogP contribution in [0.1, 0.15) is 29.7 Å². The van der Waals surface area contributed by atoms with Gasteiger partial charge < -0.3 is 0 Å². The fourth-order valence-corrected chi connectivity index (χ4v) is 7.68. The minimum atomic E-state index is -1.77. The monoisotopic (exact) mass is 446 g/mol. The van der Waals surface area contributed by atoms with Crippen LogP contribution in [0.25, 0.3) is 0 Å². The van der Waals surface area contributed by atoms with Crippen molar-refractivity contribution in [3.63, 3.8) is 0 Å². The molecule has 1 N–H and O–H groups in total. The second kappa shape index (κ2) is 9.66. The van der Waals surface area contributed by atoms with Gasteiger partial charge in [-0.3, -0.25) is 0 Å². The normalized spacial score (nSPS) is 12.8. The Morgan fingerprint density at radius 1 is 0.963 bits per heavy atom. The van der Waals surface area contributed by atoms with Crippen LogP contribution in [0, 0.1) is 0 Å². The van der Waals surface area contributed by atoms with Crippen molar-refractivity contribution in [2.24, 2.45) is 0 Å². The third kappa shape index (κ3) is 5.30. The molecular formula is C22H27N2OPSe. The van der Waals surface area contributed by atoms with Gasteiger partial charge in [0.1, 0.15) is 0 Å². The SMILES string of the molecule is CCn1ccnc1C(O)P(=[Se])(CCc1ccccc1)CCc1ccccc1. The van der Waals surface area contributed by atoms with E-state index in [4.69, 9.17) is 0 Å². The van der Waals surface area contributed by atoms with Crippen LogP contribution in [-0.4, -0.2) is 42.1 Å². The molecule has 0 spiro atoms. The summed E-state index contributed by atoms with van der Waals surface area (Å²) in [5.74, 6) is 0.269. The molecule has 142 valence electrons. The number of benzene rings is 2. The Kier molecular flexibility index (Phi) is 7.26. The fraction of sp³-hybridized carbons (Fsp3) is 0.318. The summed E-state index contributed by atoms with van der Waals surface area (Å²) in [6.07, 6.45) is 7.64. The molecule has 0 aliphatic rings. The minimum absolute atomic E-state index is 0.528. The first-order valence-corrected chi connectivity index (χ1v) is 13.9. The van der Waals surface area contributed by atoms with Crippen LogP contribution in [0.4, 0.5) is 0 Å². The van der Waals surface area contributed by atoms with Crippen LogP contribution in [-0.2, 0) is 19.4 Å². The summed E-state index contributed by atoms with van der Waals surface area (Å²) in [6.45, 7) is 2.91. The van der Waals surface area contributed by atoms with Gasteiger partial charge >= 0.3 is 170 Å². The summed E-state index contributed by atoms with van der Waals surface area (Å²) in [6, 6.07) is 21.1. The molecule has 0 saturated heterocycles. The first-order chi connectivity index (χ1) is 13.1. The van der Waals surface area contributed by atoms with E-state index in [2.05, 4.69) is 80.1 Å². The molecule has 5 heteroatoms. The zero-order valence-corrected chi connectivity index (χ0v) is 18.3. The van der Waals surface area contributed by atoms with Gasteiger partial charge in [0.15, 0.2) is 0 Å². The number of imidazole rings is 1. The quantitative estimate of drug-likeness (QED) is 0.390. The van der Waals surface area contributed by atoms with Gasteiger partial charge in [0.2, 0.25) is 0 Å². The van der Waals surface area contributed by atoms with Crippen LogP contribution in [0.3, 0.4) is 0 Å². The average molecular weight is 445 g/mol. The predicted molar refractivity (Wildman–Crippen MR) is 116 cm³/mol. The molecule has 0 amide bonds. The number of aromatic nitrogens is 2. The second-order valence-corrected chi connectivity index (χ2v) is 14.7. The Labute approximate surface area is 169 Å². The molecule has 0 radical (unpaired) electrons. The van der Waals surface area contributed by atoms with E-state index >= 15 is 0 Å². The first kappa shape index (κ1) is 20.3. The molecule has 3 rings (SSSR count). The molecule has 0 fully saturated rings. The van der Waals surface area contributed by atoms with Gasteiger partial charge in [0.05, 0.1) is 0 Å². The summed E-state index contributed by atoms with van der Waals surface area (Å²) >= 11 is 3.48. The number of aliphatic hydroxyl groups is 1. The van der Waals surface area contributed by atoms with Gasteiger partial charge in [-0.15, -0.1) is 0 Å². The molecule has 0 bridgehead atoms. The zero-order chi connectivity index (χ0) is 19.1. The van der Waals surface area contributed by atoms with Crippen molar-refractivity contribution < 1.29 is 5.11 Å². The molecule has 0 aliphatic heterocycles. The summed E-state index contributed by atoms with van der Waals surface area (Å²) in [5, 5.41) is 11.3. The van der Waals surface area contributed by atoms with Crippen molar-refractivity contribution in [1.82, 2.24) is 9.55 Å². The van der Waals surface area contributed by atoms with Gasteiger partial charge in [-0.05, 0) is 0 Å². The van der Waals surface area contributed by atoms with Crippen molar-refractivity contribution in [2.75, 3.05) is 12.3 Å². The van der Waals surface area contributed by atoms with Gasteiger partial charge in [-0.25, -0.2) is 0 Å². The summed E-state index contributed by atoms with van der Waals surface area (Å²) in [4.78, 5) is 4.48. The standard InChI is InChI=1S/C22H27N2OPSe/c1-2-24-16-15-23-21(24)22(25)26(27,17-13-19-9-5-3-6-10-19)18-14-20-11-7-4-8-12-20/h3-12,15-16,22,25H,2,13-14,17-18H2,1H3. The van der Waals surface area contributed by atoms with E-state index in [-0.39, 0.29) is 0 Å². The van der Waals surface area contributed by atoms with Crippen LogP contribution in [0.2, 0.25) is 0 Å². The second-order valence-electron chi connectivity index (χ2n) is 6.82. The molecule has 0 saturated carbocycles. The first-order valence-electron chi connectivity index (χ1n) is 9.47. The van der Waals surface area contributed by atoms with Crippen molar-refractivity contribution >= 4 is 20.6 Å². The number of aryl methyl sites for hydroxylation is 3. The predicted octanol–water partition coefficient (Wildman–Crippen LogP) is 4.48. The average Bonchev–Trinajstić information content (AvgIpc) is 3.20. The van der Waals surface area contributed by atoms with Crippen LogP contribution < -0.4 is 0 Å². The molecule has 3 aromatic rings. The summed E-state index contributed by atoms with van der Waals surface area (Å²) in [7, 11) is 0. The van der Waals surface area contributed by atoms with Crippen LogP contribution in [0.5, 0.6) is 0 Å². The zero-order valence-electron chi connectivity index (χ0n) is 15.7. The molecule has 0 aliphatic carbocycles. The molecular weight excluding hydrogens is 418 g/mol. The van der Waals surface area contributed by atoms with E-state index in [9.17, 15) is 5.11 Å². The topological polar surface area (TPSA) is 38.0 Å². The third-order valence-electron chi connectivity index (χ3n) is 5.01. The number of hydrogen-bond acceptors (Lipinski definition) is 2. The molecule has 3 nitrogen and oxygen atoms in total. The Hall–Kier alpha value is -1.44. The van der Waals surface area contributed by atoms with Gasteiger partial charge in [-0.2, -0.15) is 0 Å². The number of rotatable bonds is 9. The van der Waals surface area contributed by atoms with Crippen LogP contribution in [0.15, 0.2) is 73.1 Å². The molecule has 1 unspecified atom stereocenters. The number of aliphatic hydroxyl groups excluding tert-OH is 1. The van der Waals surface area contributed by atoms with Crippen molar-refractivity contribution in [3.05, 3.63) is 90.0 Å². The van der Waals surface area contributed by atoms with Crippen LogP contribution >= 0.6 is 5.51 Å². The number of hydrogen-bond donors (Lipinski definition) is 1. The van der Waals surface area contributed by atoms with E-state index in [1.807, 2.05) is 18.3 Å². The molecule has 27 heavy (non-hydrogen) atoms. The Balaban J connectivity index is 1.81. The van der Waals surface area contributed by atoms with Crippen molar-refractivity contribution in [1.29, 1.82) is 0 Å². The summed E-state index contributed by atoms with van der Waals surface area (Å²) < 4.78 is 2.06. The summed E-state index contributed by atoms with van der Waals surface area (Å²) in [5.41, 5.74) is 0.871. The Bertz CT molecular complexity index is 832. The van der Waals surface area contributed by atoms with E-state index in [0.29, 0.717) is 0 Å². The van der Waals surface area contributed by atoms with E-state index in [1.54, 1.807) is 6.20 Å². The van der Waals surface area contributed by atoms with Crippen molar-refractivity contribution in [3.8, 4) is 0 Å². The molecule has 2 aromatic carbocycles. The maximum absolute atomic E-state index is 11.3. The van der Waals surface area contributed by atoms with Gasteiger partial charge in [-0.1, -0.05) is 0 Å². The molecule has 1 atom stereocenters. The molecule has 1 aromatic heterocycles. The van der Waals surface area contributed by atoms with E-state index in [1.165, 1.54) is 11.1 Å². The number of nitrogens with zero attached hydrogens (tertiary/aromatic N) is 2. The third-order valence-corrected chi connectivity index (χ3v) is 11.6. The van der Waals surface area contributed by atoms with Gasteiger partial charge in [0, 0.05) is 0 Å². The van der Waals surface area contributed by atoms with E-state index < -0.39 is 11.4 Å². The molecule has 1 heterocycles. The Morgan fingerprint density at radius 2 is 1.48 bits per heavy atom. The van der Waals surface area contributed by atoms with E-state index in [0.717, 1.165) is 37.5 Å². The fourth-order valence-electron chi connectivity index (χ4n) is 3.32. The van der Waals surface area contributed by atoms with Gasteiger partial charge in [0.25, 0.3) is 0 Å².